The molecule has 0 fully saturated rings. The average molecular weight is 195 g/mol. The van der Waals surface area contributed by atoms with Gasteiger partial charge in [-0.15, -0.1) is 0 Å². The smallest absolute Gasteiger partial charge is 0.126 e. The first-order valence-electron chi connectivity index (χ1n) is 5.04. The number of hydrogen-bond acceptors (Lipinski definition) is 3. The van der Waals surface area contributed by atoms with Crippen LogP contribution in [0.5, 0.6) is 0 Å². The number of aromatic nitrogens is 2. The molecule has 2 heterocycles. The van der Waals surface area contributed by atoms with Crippen LogP contribution in [0.15, 0.2) is 0 Å². The molecule has 1 aromatic rings. The second kappa shape index (κ2) is 3.07. The third-order valence-electron chi connectivity index (χ3n) is 2.95. The molecule has 0 aliphatic carbocycles. The Bertz CT molecular complexity index is 343. The molecule has 0 aromatic carbocycles. The second-order valence-electron chi connectivity index (χ2n) is 4.17. The van der Waals surface area contributed by atoms with E-state index in [4.69, 9.17) is 10.5 Å². The Morgan fingerprint density at radius 3 is 3.00 bits per heavy atom. The van der Waals surface area contributed by atoms with Gasteiger partial charge in [-0.1, -0.05) is 6.92 Å². The number of hydrogen-bond donors (Lipinski definition) is 2. The fourth-order valence-electron chi connectivity index (χ4n) is 1.59. The molecule has 1 aliphatic rings. The maximum atomic E-state index is 6.11. The molecule has 2 unspecified atom stereocenters. The summed E-state index contributed by atoms with van der Waals surface area (Å²) in [6.45, 7) is 6.69. The van der Waals surface area contributed by atoms with Crippen molar-refractivity contribution in [3.05, 3.63) is 17.2 Å². The Hall–Kier alpha value is -0.870. The molecule has 0 amide bonds. The zero-order chi connectivity index (χ0) is 10.3. The molecule has 4 heteroatoms. The van der Waals surface area contributed by atoms with E-state index in [0.29, 0.717) is 6.61 Å². The molecule has 14 heavy (non-hydrogen) atoms. The number of fused-ring (bicyclic) bond motifs is 1. The van der Waals surface area contributed by atoms with Crippen molar-refractivity contribution in [1.29, 1.82) is 0 Å². The zero-order valence-corrected chi connectivity index (χ0v) is 8.92. The highest BCUT2D eigenvalue weighted by Gasteiger charge is 2.29. The molecule has 78 valence electrons. The number of ether oxygens (including phenoxy) is 1. The average Bonchev–Trinajstić information content (AvgIpc) is 2.69. The normalized spacial score (nSPS) is 24.7. The Kier molecular flexibility index (Phi) is 2.12. The van der Waals surface area contributed by atoms with E-state index in [2.05, 4.69) is 16.9 Å². The molecule has 0 radical (unpaired) electrons. The van der Waals surface area contributed by atoms with Gasteiger partial charge in [0.25, 0.3) is 0 Å². The van der Waals surface area contributed by atoms with Crippen molar-refractivity contribution in [1.82, 2.24) is 9.97 Å². The van der Waals surface area contributed by atoms with Gasteiger partial charge in [0.2, 0.25) is 0 Å². The minimum Gasteiger partial charge on any atom is -0.366 e. The quantitative estimate of drug-likeness (QED) is 0.753. The molecule has 2 rings (SSSR count). The third-order valence-corrected chi connectivity index (χ3v) is 2.95. The van der Waals surface area contributed by atoms with Crippen molar-refractivity contribution in [2.45, 2.75) is 45.4 Å². The van der Waals surface area contributed by atoms with Crippen LogP contribution in [0.3, 0.4) is 0 Å². The van der Waals surface area contributed by atoms with Crippen LogP contribution in [-0.2, 0) is 16.9 Å². The minimum absolute atomic E-state index is 0.0997. The van der Waals surface area contributed by atoms with Gasteiger partial charge in [0.1, 0.15) is 5.82 Å². The Labute approximate surface area is 83.9 Å². The summed E-state index contributed by atoms with van der Waals surface area (Å²) in [5.41, 5.74) is 7.85. The van der Waals surface area contributed by atoms with E-state index in [-0.39, 0.29) is 11.6 Å². The molecule has 1 aliphatic heterocycles. The molecule has 1 aromatic heterocycles. The monoisotopic (exact) mass is 195 g/mol. The van der Waals surface area contributed by atoms with Crippen LogP contribution in [0, 0.1) is 0 Å². The standard InChI is InChI=1S/C10H17N3O/c1-4-10(3,11)9-12-7-5-14-6(2)8(7)13-9/h6H,4-5,11H2,1-3H3,(H,12,13). The van der Waals surface area contributed by atoms with Crippen molar-refractivity contribution in [2.24, 2.45) is 5.73 Å². The molecule has 0 saturated carbocycles. The predicted octanol–water partition coefficient (Wildman–Crippen LogP) is 1.58. The molecule has 4 nitrogen and oxygen atoms in total. The molecule has 0 bridgehead atoms. The predicted molar refractivity (Wildman–Crippen MR) is 53.6 cm³/mol. The number of imidazole rings is 1. The lowest BCUT2D eigenvalue weighted by atomic mass is 10.0. The van der Waals surface area contributed by atoms with Gasteiger partial charge < -0.3 is 15.5 Å². The lowest BCUT2D eigenvalue weighted by Crippen LogP contribution is -2.33. The second-order valence-corrected chi connectivity index (χ2v) is 4.17. The molecule has 0 spiro atoms. The summed E-state index contributed by atoms with van der Waals surface area (Å²) in [7, 11) is 0. The molecule has 2 atom stereocenters. The SMILES string of the molecule is CCC(C)(N)c1nc2c([nH]1)COC2C. The van der Waals surface area contributed by atoms with E-state index in [9.17, 15) is 0 Å². The molecular formula is C10H17N3O. The topological polar surface area (TPSA) is 63.9 Å². The summed E-state index contributed by atoms with van der Waals surface area (Å²) in [5, 5.41) is 0. The third kappa shape index (κ3) is 1.35. The minimum atomic E-state index is -0.357. The summed E-state index contributed by atoms with van der Waals surface area (Å²) >= 11 is 0. The number of aromatic amines is 1. The van der Waals surface area contributed by atoms with E-state index in [0.717, 1.165) is 23.6 Å². The van der Waals surface area contributed by atoms with E-state index in [1.165, 1.54) is 0 Å². The Morgan fingerprint density at radius 2 is 2.43 bits per heavy atom. The van der Waals surface area contributed by atoms with Gasteiger partial charge in [0, 0.05) is 0 Å². The van der Waals surface area contributed by atoms with Gasteiger partial charge in [0.15, 0.2) is 0 Å². The maximum Gasteiger partial charge on any atom is 0.126 e. The van der Waals surface area contributed by atoms with Crippen molar-refractivity contribution in [2.75, 3.05) is 0 Å². The zero-order valence-electron chi connectivity index (χ0n) is 8.92. The van der Waals surface area contributed by atoms with E-state index >= 15 is 0 Å². The fourth-order valence-corrected chi connectivity index (χ4v) is 1.59. The first-order valence-corrected chi connectivity index (χ1v) is 5.04. The lowest BCUT2D eigenvalue weighted by Gasteiger charge is -2.19. The van der Waals surface area contributed by atoms with Crippen molar-refractivity contribution in [3.63, 3.8) is 0 Å². The molecule has 0 saturated heterocycles. The highest BCUT2D eigenvalue weighted by atomic mass is 16.5. The van der Waals surface area contributed by atoms with Crippen LogP contribution in [0.25, 0.3) is 0 Å². The van der Waals surface area contributed by atoms with Gasteiger partial charge >= 0.3 is 0 Å². The van der Waals surface area contributed by atoms with Crippen LogP contribution in [-0.4, -0.2) is 9.97 Å². The summed E-state index contributed by atoms with van der Waals surface area (Å²) in [6.07, 6.45) is 0.969. The maximum absolute atomic E-state index is 6.11. The summed E-state index contributed by atoms with van der Waals surface area (Å²) in [5.74, 6) is 0.875. The Balaban J connectivity index is 2.36. The number of nitrogens with one attached hydrogen (secondary N) is 1. The van der Waals surface area contributed by atoms with Gasteiger partial charge in [-0.3, -0.25) is 0 Å². The fraction of sp³-hybridized carbons (Fsp3) is 0.700. The number of nitrogens with zero attached hydrogens (tertiary/aromatic N) is 1. The largest absolute Gasteiger partial charge is 0.366 e. The number of H-pyrrole nitrogens is 1. The highest BCUT2D eigenvalue weighted by Crippen LogP contribution is 2.30. The van der Waals surface area contributed by atoms with Crippen LogP contribution >= 0.6 is 0 Å². The van der Waals surface area contributed by atoms with Crippen LogP contribution in [0.2, 0.25) is 0 Å². The summed E-state index contributed by atoms with van der Waals surface area (Å²) < 4.78 is 5.43. The van der Waals surface area contributed by atoms with Crippen LogP contribution in [0.4, 0.5) is 0 Å². The molecule has 3 N–H and O–H groups in total. The van der Waals surface area contributed by atoms with E-state index in [1.54, 1.807) is 0 Å². The molecular weight excluding hydrogens is 178 g/mol. The van der Waals surface area contributed by atoms with E-state index in [1.807, 2.05) is 13.8 Å². The first-order chi connectivity index (χ1) is 6.54. The highest BCUT2D eigenvalue weighted by molar-refractivity contribution is 5.22. The number of nitrogens with two attached hydrogens (primary N) is 1. The van der Waals surface area contributed by atoms with Crippen LogP contribution < -0.4 is 5.73 Å². The summed E-state index contributed by atoms with van der Waals surface area (Å²) in [6, 6.07) is 0. The van der Waals surface area contributed by atoms with Crippen LogP contribution in [0.1, 0.15) is 50.5 Å². The van der Waals surface area contributed by atoms with Crippen molar-refractivity contribution in [3.8, 4) is 0 Å². The Morgan fingerprint density at radius 1 is 1.71 bits per heavy atom. The van der Waals surface area contributed by atoms with Gasteiger partial charge in [-0.25, -0.2) is 4.98 Å². The summed E-state index contributed by atoms with van der Waals surface area (Å²) in [4.78, 5) is 7.76. The van der Waals surface area contributed by atoms with Crippen molar-refractivity contribution < 1.29 is 4.74 Å². The lowest BCUT2D eigenvalue weighted by molar-refractivity contribution is 0.0754. The number of rotatable bonds is 2. The first kappa shape index (κ1) is 9.68. The van der Waals surface area contributed by atoms with Crippen molar-refractivity contribution >= 4 is 0 Å². The van der Waals surface area contributed by atoms with E-state index < -0.39 is 0 Å². The van der Waals surface area contributed by atoms with Gasteiger partial charge in [-0.2, -0.15) is 0 Å². The van der Waals surface area contributed by atoms with Gasteiger partial charge in [0.05, 0.1) is 29.6 Å². The van der Waals surface area contributed by atoms with Gasteiger partial charge in [-0.05, 0) is 20.3 Å².